The first-order chi connectivity index (χ1) is 18.0. The Kier molecular flexibility index (Phi) is 7.02. The third-order valence-electron chi connectivity index (χ3n) is 6.00. The maximum Gasteiger partial charge on any atom is 0.416 e. The summed E-state index contributed by atoms with van der Waals surface area (Å²) < 4.78 is 90.3. The van der Waals surface area contributed by atoms with Crippen molar-refractivity contribution >= 4 is 54.6 Å². The monoisotopic (exact) mass is 528 g/mol. The van der Waals surface area contributed by atoms with E-state index in [2.05, 4.69) is 13.2 Å². The van der Waals surface area contributed by atoms with Crippen molar-refractivity contribution in [2.24, 2.45) is 0 Å². The summed E-state index contributed by atoms with van der Waals surface area (Å²) >= 11 is 0. The summed E-state index contributed by atoms with van der Waals surface area (Å²) in [6.45, 7) is 10.0. The minimum absolute atomic E-state index is 0.312. The third kappa shape index (κ3) is 4.86. The average Bonchev–Trinajstić information content (AvgIpc) is 3.42. The van der Waals surface area contributed by atoms with Crippen LogP contribution in [0.4, 0.5) is 26.3 Å². The van der Waals surface area contributed by atoms with Crippen molar-refractivity contribution in [3.63, 3.8) is 0 Å². The van der Waals surface area contributed by atoms with Gasteiger partial charge < -0.3 is 8.83 Å². The third-order valence-corrected chi connectivity index (χ3v) is 6.00. The fourth-order valence-electron chi connectivity index (χ4n) is 4.15. The Labute approximate surface area is 213 Å². The maximum absolute atomic E-state index is 13.1. The van der Waals surface area contributed by atoms with Crippen LogP contribution in [0.5, 0.6) is 0 Å². The molecular weight excluding hydrogens is 506 g/mol. The summed E-state index contributed by atoms with van der Waals surface area (Å²) in [5.74, 6) is 0. The highest BCUT2D eigenvalue weighted by Gasteiger charge is 2.32. The predicted octanol–water partition coefficient (Wildman–Crippen LogP) is 11.1. The molecule has 6 aromatic rings. The first-order valence-corrected chi connectivity index (χ1v) is 11.5. The molecule has 0 aliphatic carbocycles. The van der Waals surface area contributed by atoms with E-state index in [1.165, 1.54) is 12.1 Å². The lowest BCUT2D eigenvalue weighted by molar-refractivity contribution is -0.138. The van der Waals surface area contributed by atoms with Crippen molar-refractivity contribution < 1.29 is 35.2 Å². The fraction of sp³-hybridized carbons (Fsp3) is 0.133. The van der Waals surface area contributed by atoms with Crippen LogP contribution < -0.4 is 0 Å². The molecule has 0 N–H and O–H groups in total. The number of benzene rings is 4. The van der Waals surface area contributed by atoms with Crippen molar-refractivity contribution in [2.45, 2.75) is 26.2 Å². The van der Waals surface area contributed by atoms with Gasteiger partial charge in [-0.15, -0.1) is 13.2 Å². The number of hydrogen-bond donors (Lipinski definition) is 0. The molecule has 0 spiro atoms. The molecule has 0 saturated carbocycles. The zero-order valence-electron chi connectivity index (χ0n) is 20.4. The molecule has 2 nitrogen and oxygen atoms in total. The SMILES string of the molecule is C/C=C\C.C=C.FC(F)(F)c1ccc2oc3cc4cc5c(cc4cc3c2c1)oc1ccc(C(F)(F)F)cc15. The lowest BCUT2D eigenvalue weighted by Gasteiger charge is -2.05. The molecule has 4 aromatic carbocycles. The van der Waals surface area contributed by atoms with Crippen LogP contribution in [0.3, 0.4) is 0 Å². The van der Waals surface area contributed by atoms with Gasteiger partial charge in [0, 0.05) is 21.5 Å². The normalized spacial score (nSPS) is 12.3. The Balaban J connectivity index is 0.000000515. The molecule has 0 radical (unpaired) electrons. The van der Waals surface area contributed by atoms with E-state index >= 15 is 0 Å². The topological polar surface area (TPSA) is 26.3 Å². The largest absolute Gasteiger partial charge is 0.456 e. The van der Waals surface area contributed by atoms with Gasteiger partial charge in [0.25, 0.3) is 0 Å². The summed E-state index contributed by atoms with van der Waals surface area (Å²) in [7, 11) is 0. The summed E-state index contributed by atoms with van der Waals surface area (Å²) in [5.41, 5.74) is -0.161. The number of hydrogen-bond acceptors (Lipinski definition) is 2. The molecule has 2 aromatic heterocycles. The Hall–Kier alpha value is -4.20. The number of furan rings is 2. The standard InChI is InChI=1S/C24H10F6O2.C4H8.C2H4/c25-23(26,27)13-1-3-19-17(9-13)15-5-11-8-22-16(6-12(11)7-21(15)31-19)18-10-14(24(28,29)30)2-4-20(18)32-22;1-3-4-2;1-2/h1-10H;3-4H,1-2H3;1-2H2/b;4-3-;. The van der Waals surface area contributed by atoms with Crippen LogP contribution in [-0.2, 0) is 12.4 Å². The van der Waals surface area contributed by atoms with Gasteiger partial charge in [0.15, 0.2) is 0 Å². The number of rotatable bonds is 0. The van der Waals surface area contributed by atoms with Gasteiger partial charge in [-0.2, -0.15) is 26.3 Å². The zero-order chi connectivity index (χ0) is 27.8. The van der Waals surface area contributed by atoms with E-state index < -0.39 is 23.5 Å². The van der Waals surface area contributed by atoms with Gasteiger partial charge in [-0.3, -0.25) is 0 Å². The van der Waals surface area contributed by atoms with E-state index in [4.69, 9.17) is 8.83 Å². The number of fused-ring (bicyclic) bond motifs is 7. The van der Waals surface area contributed by atoms with Crippen LogP contribution >= 0.6 is 0 Å². The van der Waals surface area contributed by atoms with Crippen molar-refractivity contribution in [3.8, 4) is 0 Å². The molecule has 0 unspecified atom stereocenters. The Morgan fingerprint density at radius 2 is 0.868 bits per heavy atom. The number of halogens is 6. The maximum atomic E-state index is 13.1. The average molecular weight is 528 g/mol. The van der Waals surface area contributed by atoms with E-state index in [0.29, 0.717) is 54.6 Å². The lowest BCUT2D eigenvalue weighted by atomic mass is 10.0. The molecule has 0 saturated heterocycles. The molecule has 0 atom stereocenters. The second-order valence-electron chi connectivity index (χ2n) is 8.33. The molecule has 0 fully saturated rings. The molecule has 38 heavy (non-hydrogen) atoms. The van der Waals surface area contributed by atoms with Crippen molar-refractivity contribution in [3.05, 3.63) is 97.1 Å². The van der Waals surface area contributed by atoms with E-state index in [0.717, 1.165) is 24.3 Å². The van der Waals surface area contributed by atoms with E-state index in [1.54, 1.807) is 24.3 Å². The minimum Gasteiger partial charge on any atom is -0.456 e. The fourth-order valence-corrected chi connectivity index (χ4v) is 4.15. The van der Waals surface area contributed by atoms with Gasteiger partial charge in [0.1, 0.15) is 22.3 Å². The Bertz CT molecular complexity index is 1670. The summed E-state index contributed by atoms with van der Waals surface area (Å²) in [6, 6.07) is 13.3. The van der Waals surface area contributed by atoms with Gasteiger partial charge in [-0.25, -0.2) is 0 Å². The Morgan fingerprint density at radius 3 is 1.18 bits per heavy atom. The summed E-state index contributed by atoms with van der Waals surface area (Å²) in [5, 5.41) is 3.01. The highest BCUT2D eigenvalue weighted by molar-refractivity contribution is 6.15. The van der Waals surface area contributed by atoms with E-state index in [1.807, 2.05) is 26.0 Å². The summed E-state index contributed by atoms with van der Waals surface area (Å²) in [4.78, 5) is 0. The van der Waals surface area contributed by atoms with Crippen LogP contribution in [0.25, 0.3) is 54.6 Å². The Morgan fingerprint density at radius 1 is 0.526 bits per heavy atom. The zero-order valence-corrected chi connectivity index (χ0v) is 20.4. The van der Waals surface area contributed by atoms with Gasteiger partial charge in [0.05, 0.1) is 11.1 Å². The molecule has 0 aliphatic heterocycles. The van der Waals surface area contributed by atoms with Crippen molar-refractivity contribution in [1.29, 1.82) is 0 Å². The molecule has 0 amide bonds. The first kappa shape index (κ1) is 26.9. The molecular formula is C30H22F6O2. The predicted molar refractivity (Wildman–Crippen MR) is 140 cm³/mol. The van der Waals surface area contributed by atoms with Crippen LogP contribution in [0, 0.1) is 0 Å². The molecule has 196 valence electrons. The highest BCUT2D eigenvalue weighted by Crippen LogP contribution is 2.40. The minimum atomic E-state index is -4.48. The van der Waals surface area contributed by atoms with Crippen LogP contribution in [0.1, 0.15) is 25.0 Å². The second-order valence-corrected chi connectivity index (χ2v) is 8.33. The highest BCUT2D eigenvalue weighted by atomic mass is 19.4. The lowest BCUT2D eigenvalue weighted by Crippen LogP contribution is -2.03. The van der Waals surface area contributed by atoms with Gasteiger partial charge in [-0.1, -0.05) is 12.2 Å². The van der Waals surface area contributed by atoms with Gasteiger partial charge in [0.2, 0.25) is 0 Å². The van der Waals surface area contributed by atoms with Gasteiger partial charge in [-0.05, 0) is 85.3 Å². The first-order valence-electron chi connectivity index (χ1n) is 11.5. The molecule has 6 rings (SSSR count). The quantitative estimate of drug-likeness (QED) is 0.145. The molecule has 0 aliphatic rings. The smallest absolute Gasteiger partial charge is 0.416 e. The van der Waals surface area contributed by atoms with Crippen molar-refractivity contribution in [2.75, 3.05) is 0 Å². The van der Waals surface area contributed by atoms with Crippen LogP contribution in [-0.4, -0.2) is 0 Å². The number of allylic oxidation sites excluding steroid dienone is 2. The van der Waals surface area contributed by atoms with E-state index in [-0.39, 0.29) is 0 Å². The van der Waals surface area contributed by atoms with Gasteiger partial charge >= 0.3 is 12.4 Å². The van der Waals surface area contributed by atoms with Crippen molar-refractivity contribution in [1.82, 2.24) is 0 Å². The van der Waals surface area contributed by atoms with Crippen LogP contribution in [0.2, 0.25) is 0 Å². The second kappa shape index (κ2) is 9.93. The number of alkyl halides is 6. The van der Waals surface area contributed by atoms with Crippen LogP contribution in [0.15, 0.2) is 94.8 Å². The molecule has 0 bridgehead atoms. The molecule has 8 heteroatoms. The summed E-state index contributed by atoms with van der Waals surface area (Å²) in [6.07, 6.45) is -4.96. The van der Waals surface area contributed by atoms with E-state index in [9.17, 15) is 26.3 Å². The molecule has 2 heterocycles.